The van der Waals surface area contributed by atoms with E-state index in [0.29, 0.717) is 0 Å². The number of fused-ring (bicyclic) bond motifs is 1. The summed E-state index contributed by atoms with van der Waals surface area (Å²) in [6.07, 6.45) is -5.08. The molecule has 9 heteroatoms. The number of carboxylic acids is 1. The lowest BCUT2D eigenvalue weighted by atomic mass is 10.0. The molecule has 5 aromatic rings. The minimum absolute atomic E-state index is 0.824. The highest BCUT2D eigenvalue weighted by atomic mass is 19.4. The van der Waals surface area contributed by atoms with E-state index in [9.17, 15) is 13.2 Å². The third-order valence-corrected chi connectivity index (χ3v) is 6.20. The monoisotopic (exact) mass is 547 g/mol. The average molecular weight is 548 g/mol. The number of hydrogen-bond donors (Lipinski definition) is 3. The van der Waals surface area contributed by atoms with Crippen LogP contribution in [0.4, 0.5) is 13.2 Å². The number of methoxy groups -OCH3 is 1. The van der Waals surface area contributed by atoms with E-state index in [-0.39, 0.29) is 0 Å². The van der Waals surface area contributed by atoms with Gasteiger partial charge < -0.3 is 20.1 Å². The van der Waals surface area contributed by atoms with Gasteiger partial charge in [0.25, 0.3) is 0 Å². The predicted octanol–water partition coefficient (Wildman–Crippen LogP) is 7.14. The molecular formula is C31H28F3N3O3. The lowest BCUT2D eigenvalue weighted by Gasteiger charge is -2.08. The topological polar surface area (TPSA) is 87.2 Å². The van der Waals surface area contributed by atoms with Crippen molar-refractivity contribution in [1.82, 2.24) is 15.3 Å². The third kappa shape index (κ3) is 7.27. The lowest BCUT2D eigenvalue weighted by molar-refractivity contribution is -0.192. The number of carboxylic acid groups (broad SMARTS) is 1. The first-order valence-electron chi connectivity index (χ1n) is 12.4. The van der Waals surface area contributed by atoms with E-state index >= 15 is 0 Å². The Morgan fingerprint density at radius 1 is 0.875 bits per heavy atom. The van der Waals surface area contributed by atoms with Crippen LogP contribution >= 0.6 is 0 Å². The molecule has 40 heavy (non-hydrogen) atoms. The average Bonchev–Trinajstić information content (AvgIpc) is 3.40. The molecule has 0 atom stereocenters. The second-order valence-electron chi connectivity index (χ2n) is 9.09. The normalized spacial score (nSPS) is 11.1. The number of aliphatic carboxylic acids is 1. The van der Waals surface area contributed by atoms with Gasteiger partial charge in [0.1, 0.15) is 11.6 Å². The van der Waals surface area contributed by atoms with Crippen LogP contribution in [0.5, 0.6) is 5.75 Å². The number of rotatable bonds is 7. The maximum absolute atomic E-state index is 10.6. The van der Waals surface area contributed by atoms with E-state index in [4.69, 9.17) is 19.6 Å². The number of aromatic amines is 1. The Morgan fingerprint density at radius 3 is 2.02 bits per heavy atom. The summed E-state index contributed by atoms with van der Waals surface area (Å²) in [6.45, 7) is 3.74. The molecule has 0 saturated heterocycles. The van der Waals surface area contributed by atoms with Gasteiger partial charge in [-0.05, 0) is 59.0 Å². The summed E-state index contributed by atoms with van der Waals surface area (Å²) in [7, 11) is 1.69. The van der Waals surface area contributed by atoms with Gasteiger partial charge in [-0.2, -0.15) is 13.2 Å². The van der Waals surface area contributed by atoms with Crippen LogP contribution in [0.2, 0.25) is 0 Å². The highest BCUT2D eigenvalue weighted by Gasteiger charge is 2.38. The molecular weight excluding hydrogens is 519 g/mol. The second-order valence-corrected chi connectivity index (χ2v) is 9.09. The molecule has 0 bridgehead atoms. The zero-order chi connectivity index (χ0) is 28.7. The minimum atomic E-state index is -5.08. The van der Waals surface area contributed by atoms with E-state index < -0.39 is 12.1 Å². The lowest BCUT2D eigenvalue weighted by Crippen LogP contribution is -2.21. The summed E-state index contributed by atoms with van der Waals surface area (Å²) < 4.78 is 37.0. The summed E-state index contributed by atoms with van der Waals surface area (Å²) in [4.78, 5) is 17.2. The van der Waals surface area contributed by atoms with E-state index in [1.54, 1.807) is 7.11 Å². The molecule has 3 N–H and O–H groups in total. The van der Waals surface area contributed by atoms with E-state index in [1.807, 2.05) is 12.1 Å². The summed E-state index contributed by atoms with van der Waals surface area (Å²) in [5.74, 6) is -0.971. The first-order chi connectivity index (χ1) is 19.1. The van der Waals surface area contributed by atoms with Crippen LogP contribution in [0.25, 0.3) is 33.5 Å². The molecule has 206 valence electrons. The number of alkyl halides is 3. The van der Waals surface area contributed by atoms with Crippen molar-refractivity contribution < 1.29 is 27.8 Å². The van der Waals surface area contributed by atoms with Crippen LogP contribution in [0.3, 0.4) is 0 Å². The molecule has 4 aromatic carbocycles. The number of nitrogens with one attached hydrogen (secondary N) is 2. The molecule has 5 rings (SSSR count). The van der Waals surface area contributed by atoms with Crippen molar-refractivity contribution in [2.24, 2.45) is 0 Å². The number of nitrogens with zero attached hydrogens (tertiary/aromatic N) is 1. The molecule has 0 unspecified atom stereocenters. The van der Waals surface area contributed by atoms with Gasteiger partial charge in [0.2, 0.25) is 0 Å². The van der Waals surface area contributed by atoms with Gasteiger partial charge in [-0.25, -0.2) is 9.78 Å². The Hall–Kier alpha value is -4.63. The zero-order valence-corrected chi connectivity index (χ0v) is 21.9. The van der Waals surface area contributed by atoms with E-state index in [1.165, 1.54) is 27.8 Å². The number of imidazole rings is 1. The molecule has 1 aromatic heterocycles. The number of para-hydroxylation sites is 1. The van der Waals surface area contributed by atoms with Crippen molar-refractivity contribution in [2.75, 3.05) is 7.11 Å². The van der Waals surface area contributed by atoms with Crippen LogP contribution in [0.1, 0.15) is 16.7 Å². The fourth-order valence-electron chi connectivity index (χ4n) is 4.07. The second kappa shape index (κ2) is 12.5. The van der Waals surface area contributed by atoms with Crippen molar-refractivity contribution in [3.05, 3.63) is 108 Å². The van der Waals surface area contributed by atoms with Crippen molar-refractivity contribution in [3.8, 4) is 28.3 Å². The number of aryl methyl sites for hydroxylation is 1. The number of carbonyl (C=O) groups is 1. The largest absolute Gasteiger partial charge is 0.497 e. The first-order valence-corrected chi connectivity index (χ1v) is 12.4. The Bertz CT molecular complexity index is 1580. The van der Waals surface area contributed by atoms with E-state index in [0.717, 1.165) is 41.3 Å². The number of hydrogen-bond acceptors (Lipinski definition) is 4. The quantitative estimate of drug-likeness (QED) is 0.202. The standard InChI is InChI=1S/C29H27N3O.C2HF3O2/c1-20-5-3-8-27-28(20)32-29(31-27)25-7-4-6-24(17-25)23-13-9-21(10-14-23)18-30-19-22-11-15-26(33-2)16-12-22;3-2(4,5)1(6)7/h3-17,30H,18-19H2,1-2H3,(H,31,32);(H,6,7). The Morgan fingerprint density at radius 2 is 1.45 bits per heavy atom. The smallest absolute Gasteiger partial charge is 0.490 e. The maximum Gasteiger partial charge on any atom is 0.490 e. The van der Waals surface area contributed by atoms with Crippen molar-refractivity contribution in [3.63, 3.8) is 0 Å². The van der Waals surface area contributed by atoms with Crippen LogP contribution < -0.4 is 10.1 Å². The molecule has 0 aliphatic rings. The molecule has 0 amide bonds. The van der Waals surface area contributed by atoms with Crippen LogP contribution in [-0.4, -0.2) is 34.3 Å². The molecule has 0 aliphatic carbocycles. The van der Waals surface area contributed by atoms with Gasteiger partial charge in [-0.3, -0.25) is 0 Å². The van der Waals surface area contributed by atoms with Gasteiger partial charge in [0.05, 0.1) is 18.1 Å². The van der Waals surface area contributed by atoms with Gasteiger partial charge >= 0.3 is 12.1 Å². The van der Waals surface area contributed by atoms with Crippen LogP contribution in [-0.2, 0) is 17.9 Å². The Balaban J connectivity index is 0.000000470. The maximum atomic E-state index is 10.6. The summed E-state index contributed by atoms with van der Waals surface area (Å²) >= 11 is 0. The molecule has 0 saturated carbocycles. The molecule has 0 radical (unpaired) electrons. The summed E-state index contributed by atoms with van der Waals surface area (Å²) in [5.41, 5.74) is 9.26. The zero-order valence-electron chi connectivity index (χ0n) is 21.9. The van der Waals surface area contributed by atoms with E-state index in [2.05, 4.69) is 96.1 Å². The number of ether oxygens (including phenoxy) is 1. The summed E-state index contributed by atoms with van der Waals surface area (Å²) in [5, 5.41) is 10.6. The fourth-order valence-corrected chi connectivity index (χ4v) is 4.07. The summed E-state index contributed by atoms with van der Waals surface area (Å²) in [6, 6.07) is 31.7. The SMILES string of the molecule is COc1ccc(CNCc2ccc(-c3cccc(-c4nc5c(C)cccc5[nH]4)c3)cc2)cc1.O=C(O)C(F)(F)F. The van der Waals surface area contributed by atoms with Crippen molar-refractivity contribution in [1.29, 1.82) is 0 Å². The molecule has 0 fully saturated rings. The molecule has 0 aliphatic heterocycles. The Kier molecular flexibility index (Phi) is 8.86. The van der Waals surface area contributed by atoms with Gasteiger partial charge in [-0.15, -0.1) is 0 Å². The molecule has 1 heterocycles. The van der Waals surface area contributed by atoms with Gasteiger partial charge in [0, 0.05) is 18.7 Å². The fraction of sp³-hybridized carbons (Fsp3) is 0.161. The van der Waals surface area contributed by atoms with Gasteiger partial charge in [0.15, 0.2) is 0 Å². The Labute approximate surface area is 229 Å². The highest BCUT2D eigenvalue weighted by molar-refractivity contribution is 5.83. The third-order valence-electron chi connectivity index (χ3n) is 6.20. The number of H-pyrrole nitrogens is 1. The molecule has 0 spiro atoms. The van der Waals surface area contributed by atoms with Crippen molar-refractivity contribution >= 4 is 17.0 Å². The predicted molar refractivity (Wildman–Crippen MR) is 149 cm³/mol. The minimum Gasteiger partial charge on any atom is -0.497 e. The molecule has 6 nitrogen and oxygen atoms in total. The van der Waals surface area contributed by atoms with Crippen LogP contribution in [0.15, 0.2) is 91.0 Å². The van der Waals surface area contributed by atoms with Crippen LogP contribution in [0, 0.1) is 6.92 Å². The first kappa shape index (κ1) is 28.4. The number of benzene rings is 4. The number of aromatic nitrogens is 2. The number of halogens is 3. The van der Waals surface area contributed by atoms with Crippen molar-refractivity contribution in [2.45, 2.75) is 26.2 Å². The van der Waals surface area contributed by atoms with Gasteiger partial charge in [-0.1, -0.05) is 66.7 Å². The highest BCUT2D eigenvalue weighted by Crippen LogP contribution is 2.27.